The van der Waals surface area contributed by atoms with Crippen LogP contribution in [0.4, 0.5) is 0 Å². The predicted molar refractivity (Wildman–Crippen MR) is 73.1 cm³/mol. The Morgan fingerprint density at radius 3 is 2.94 bits per heavy atom. The molecule has 1 aromatic heterocycles. The quantitative estimate of drug-likeness (QED) is 0.760. The van der Waals surface area contributed by atoms with Gasteiger partial charge in [-0.05, 0) is 25.3 Å². The van der Waals surface area contributed by atoms with Crippen molar-refractivity contribution in [2.24, 2.45) is 5.73 Å². The zero-order valence-corrected chi connectivity index (χ0v) is 10.9. The molecule has 0 spiro atoms. The molecule has 0 aliphatic heterocycles. The van der Waals surface area contributed by atoms with E-state index >= 15 is 0 Å². The van der Waals surface area contributed by atoms with Gasteiger partial charge in [0.25, 0.3) is 5.56 Å². The van der Waals surface area contributed by atoms with E-state index in [-0.39, 0.29) is 11.6 Å². The molecule has 0 saturated heterocycles. The van der Waals surface area contributed by atoms with E-state index in [1.807, 2.05) is 31.1 Å². The Bertz CT molecular complexity index is 478. The van der Waals surface area contributed by atoms with Crippen molar-refractivity contribution in [1.82, 2.24) is 14.7 Å². The molecule has 1 rings (SSSR count). The summed E-state index contributed by atoms with van der Waals surface area (Å²) in [5.74, 6) is 0. The summed E-state index contributed by atoms with van der Waals surface area (Å²) in [4.78, 5) is 13.5. The van der Waals surface area contributed by atoms with Gasteiger partial charge >= 0.3 is 0 Å². The summed E-state index contributed by atoms with van der Waals surface area (Å²) in [6, 6.07) is 3.35. The first-order chi connectivity index (χ1) is 8.60. The van der Waals surface area contributed by atoms with E-state index in [0.717, 1.165) is 5.69 Å². The molecule has 1 aromatic rings. The summed E-state index contributed by atoms with van der Waals surface area (Å²) in [5.41, 5.74) is 6.16. The molecule has 0 aromatic carbocycles. The minimum absolute atomic E-state index is 0.0748. The summed E-state index contributed by atoms with van der Waals surface area (Å²) < 4.78 is 1.40. The van der Waals surface area contributed by atoms with Crippen LogP contribution in [0, 0.1) is 0 Å². The van der Waals surface area contributed by atoms with E-state index in [2.05, 4.69) is 11.7 Å². The van der Waals surface area contributed by atoms with Crippen molar-refractivity contribution < 1.29 is 0 Å². The minimum atomic E-state index is -0.124. The lowest BCUT2D eigenvalue weighted by molar-refractivity contribution is 0.346. The molecule has 0 amide bonds. The lowest BCUT2D eigenvalue weighted by Gasteiger charge is -2.22. The van der Waals surface area contributed by atoms with Crippen molar-refractivity contribution in [2.75, 3.05) is 13.6 Å². The third-order valence-electron chi connectivity index (χ3n) is 2.72. The van der Waals surface area contributed by atoms with Crippen LogP contribution in [0.1, 0.15) is 18.7 Å². The summed E-state index contributed by atoms with van der Waals surface area (Å²) in [5, 5.41) is 4.31. The van der Waals surface area contributed by atoms with E-state index in [9.17, 15) is 4.79 Å². The summed E-state index contributed by atoms with van der Waals surface area (Å²) in [7, 11) is 1.95. The van der Waals surface area contributed by atoms with Gasteiger partial charge in [-0.2, -0.15) is 5.10 Å². The van der Waals surface area contributed by atoms with Crippen LogP contribution in [-0.2, 0) is 6.54 Å². The standard InChI is InChI=1S/C13H20N4O/c1-4-5-9-16(3)11(2)12-6-7-13(18)17(15-12)10-8-14/h4-7,9,11H,1,8,10,14H2,2-3H3/b9-5-. The van der Waals surface area contributed by atoms with Gasteiger partial charge in [-0.15, -0.1) is 0 Å². The molecule has 98 valence electrons. The third-order valence-corrected chi connectivity index (χ3v) is 2.72. The molecule has 18 heavy (non-hydrogen) atoms. The second-order valence-corrected chi connectivity index (χ2v) is 4.03. The van der Waals surface area contributed by atoms with Gasteiger partial charge in [0.05, 0.1) is 18.3 Å². The van der Waals surface area contributed by atoms with Gasteiger partial charge in [-0.1, -0.05) is 12.7 Å². The number of nitrogens with two attached hydrogens (primary N) is 1. The SMILES string of the molecule is C=C/C=C\N(C)C(C)c1ccc(=O)n(CCN)n1. The molecule has 5 nitrogen and oxygen atoms in total. The summed E-state index contributed by atoms with van der Waals surface area (Å²) >= 11 is 0. The Kier molecular flexibility index (Phi) is 5.32. The maximum atomic E-state index is 11.5. The highest BCUT2D eigenvalue weighted by molar-refractivity contribution is 5.08. The normalized spacial score (nSPS) is 12.6. The Balaban J connectivity index is 2.95. The smallest absolute Gasteiger partial charge is 0.266 e. The molecule has 0 fully saturated rings. The molecule has 0 radical (unpaired) electrons. The van der Waals surface area contributed by atoms with Gasteiger partial charge in [0.15, 0.2) is 0 Å². The maximum Gasteiger partial charge on any atom is 0.266 e. The molecule has 0 aliphatic rings. The molecule has 1 heterocycles. The summed E-state index contributed by atoms with van der Waals surface area (Å²) in [6.07, 6.45) is 5.48. The zero-order valence-electron chi connectivity index (χ0n) is 10.9. The number of rotatable bonds is 6. The van der Waals surface area contributed by atoms with Crippen molar-refractivity contribution in [3.63, 3.8) is 0 Å². The number of allylic oxidation sites excluding steroid dienone is 2. The molecule has 1 atom stereocenters. The van der Waals surface area contributed by atoms with Gasteiger partial charge in [0.2, 0.25) is 0 Å². The van der Waals surface area contributed by atoms with Crippen molar-refractivity contribution in [3.8, 4) is 0 Å². The zero-order chi connectivity index (χ0) is 13.5. The molecule has 0 saturated carbocycles. The molecule has 5 heteroatoms. The number of aromatic nitrogens is 2. The van der Waals surface area contributed by atoms with Crippen molar-refractivity contribution >= 4 is 0 Å². The molecule has 0 bridgehead atoms. The fourth-order valence-corrected chi connectivity index (χ4v) is 1.50. The van der Waals surface area contributed by atoms with Crippen molar-refractivity contribution in [1.29, 1.82) is 0 Å². The fourth-order valence-electron chi connectivity index (χ4n) is 1.50. The first kappa shape index (κ1) is 14.2. The van der Waals surface area contributed by atoms with E-state index < -0.39 is 0 Å². The molecule has 2 N–H and O–H groups in total. The Hall–Kier alpha value is -1.88. The Morgan fingerprint density at radius 2 is 2.33 bits per heavy atom. The average molecular weight is 248 g/mol. The Labute approximate surface area is 107 Å². The Morgan fingerprint density at radius 1 is 1.61 bits per heavy atom. The summed E-state index contributed by atoms with van der Waals surface area (Å²) in [6.45, 7) is 6.48. The van der Waals surface area contributed by atoms with Gasteiger partial charge in [-0.3, -0.25) is 4.79 Å². The predicted octanol–water partition coefficient (Wildman–Crippen LogP) is 0.894. The van der Waals surface area contributed by atoms with Crippen LogP contribution in [0.3, 0.4) is 0 Å². The first-order valence-electron chi connectivity index (χ1n) is 5.89. The second-order valence-electron chi connectivity index (χ2n) is 4.03. The average Bonchev–Trinajstić information content (AvgIpc) is 2.38. The van der Waals surface area contributed by atoms with Crippen LogP contribution in [0.5, 0.6) is 0 Å². The molecule has 0 aliphatic carbocycles. The topological polar surface area (TPSA) is 64.2 Å². The van der Waals surface area contributed by atoms with Crippen LogP contribution in [0.15, 0.2) is 41.9 Å². The third kappa shape index (κ3) is 3.56. The monoisotopic (exact) mass is 248 g/mol. The van der Waals surface area contributed by atoms with Gasteiger partial charge < -0.3 is 10.6 Å². The van der Waals surface area contributed by atoms with E-state index in [1.165, 1.54) is 10.7 Å². The van der Waals surface area contributed by atoms with Crippen LogP contribution in [0.2, 0.25) is 0 Å². The van der Waals surface area contributed by atoms with Crippen molar-refractivity contribution in [2.45, 2.75) is 19.5 Å². The number of hydrogen-bond acceptors (Lipinski definition) is 4. The maximum absolute atomic E-state index is 11.5. The van der Waals surface area contributed by atoms with Crippen molar-refractivity contribution in [3.05, 3.63) is 53.1 Å². The first-order valence-corrected chi connectivity index (χ1v) is 5.89. The largest absolute Gasteiger partial charge is 0.372 e. The highest BCUT2D eigenvalue weighted by Crippen LogP contribution is 2.15. The lowest BCUT2D eigenvalue weighted by atomic mass is 10.2. The molecule has 1 unspecified atom stereocenters. The molecular formula is C13H20N4O. The lowest BCUT2D eigenvalue weighted by Crippen LogP contribution is -2.28. The van der Waals surface area contributed by atoms with E-state index in [0.29, 0.717) is 13.1 Å². The second kappa shape index (κ2) is 6.76. The van der Waals surface area contributed by atoms with Gasteiger partial charge in [0, 0.05) is 19.7 Å². The van der Waals surface area contributed by atoms with E-state index in [1.54, 1.807) is 12.1 Å². The molecular weight excluding hydrogens is 228 g/mol. The number of nitrogens with zero attached hydrogens (tertiary/aromatic N) is 3. The van der Waals surface area contributed by atoms with Crippen LogP contribution in [0.25, 0.3) is 0 Å². The van der Waals surface area contributed by atoms with E-state index in [4.69, 9.17) is 5.73 Å². The highest BCUT2D eigenvalue weighted by atomic mass is 16.1. The van der Waals surface area contributed by atoms with Crippen LogP contribution >= 0.6 is 0 Å². The van der Waals surface area contributed by atoms with Gasteiger partial charge in [0.1, 0.15) is 0 Å². The van der Waals surface area contributed by atoms with Gasteiger partial charge in [-0.25, -0.2) is 4.68 Å². The fraction of sp³-hybridized carbons (Fsp3) is 0.385. The van der Waals surface area contributed by atoms with Crippen LogP contribution in [-0.4, -0.2) is 28.3 Å². The van der Waals surface area contributed by atoms with Crippen LogP contribution < -0.4 is 11.3 Å². The minimum Gasteiger partial charge on any atom is -0.372 e. The number of hydrogen-bond donors (Lipinski definition) is 1. The highest BCUT2D eigenvalue weighted by Gasteiger charge is 2.11.